The summed E-state index contributed by atoms with van der Waals surface area (Å²) in [5, 5.41) is 2.46. The van der Waals surface area contributed by atoms with Crippen molar-refractivity contribution in [2.24, 2.45) is 0 Å². The van der Waals surface area contributed by atoms with Crippen molar-refractivity contribution >= 4 is 29.0 Å². The Morgan fingerprint density at radius 2 is 2.33 bits per heavy atom. The number of hydrogen-bond acceptors (Lipinski definition) is 3. The average Bonchev–Trinajstić information content (AvgIpc) is 2.21. The molecule has 1 aliphatic carbocycles. The highest BCUT2D eigenvalue weighted by Crippen LogP contribution is 2.15. The largest absolute Gasteiger partial charge is 0.442 e. The Kier molecular flexibility index (Phi) is 6.00. The number of rotatable bonds is 2. The summed E-state index contributed by atoms with van der Waals surface area (Å²) in [6.45, 7) is 0. The summed E-state index contributed by atoms with van der Waals surface area (Å²) in [6.07, 6.45) is 7.75. The molecule has 0 aromatic rings. The van der Waals surface area contributed by atoms with Crippen LogP contribution in [0.4, 0.5) is 4.79 Å². The van der Waals surface area contributed by atoms with Gasteiger partial charge in [0.25, 0.3) is 0 Å². The summed E-state index contributed by atoms with van der Waals surface area (Å²) in [6, 6.07) is 0.544. The maximum atomic E-state index is 11.0. The van der Waals surface area contributed by atoms with Crippen LogP contribution in [0.25, 0.3) is 0 Å². The van der Waals surface area contributed by atoms with Crippen LogP contribution in [0.2, 0.25) is 0 Å². The quantitative estimate of drug-likeness (QED) is 0.465. The molecule has 0 saturated carbocycles. The number of halogens is 1. The summed E-state index contributed by atoms with van der Waals surface area (Å²) in [5.41, 5.74) is 0. The van der Waals surface area contributed by atoms with Crippen molar-refractivity contribution in [1.29, 1.82) is 0 Å². The van der Waals surface area contributed by atoms with Gasteiger partial charge in [-0.25, -0.2) is 4.79 Å². The van der Waals surface area contributed by atoms with E-state index in [1.807, 2.05) is 6.08 Å². The third-order valence-corrected chi connectivity index (χ3v) is 3.31. The molecular weight excluding hydrogens is 307 g/mol. The number of nitrogens with one attached hydrogen (secondary N) is 2. The highest BCUT2D eigenvalue weighted by atomic mass is 127. The molecule has 1 amide bonds. The van der Waals surface area contributed by atoms with Crippen molar-refractivity contribution in [2.75, 3.05) is 7.05 Å². The smallest absolute Gasteiger partial charge is 0.407 e. The number of hydrogen-bond donors (Lipinski definition) is 2. The minimum Gasteiger partial charge on any atom is -0.442 e. The molecule has 0 aromatic carbocycles. The maximum absolute atomic E-state index is 11.0. The first-order chi connectivity index (χ1) is 7.26. The van der Waals surface area contributed by atoms with Gasteiger partial charge in [0.15, 0.2) is 0 Å². The molecule has 86 valence electrons. The molecule has 0 radical (unpaired) electrons. The fourth-order valence-corrected chi connectivity index (χ4v) is 2.13. The Labute approximate surface area is 104 Å². The van der Waals surface area contributed by atoms with Crippen LogP contribution in [0.5, 0.6) is 0 Å². The summed E-state index contributed by atoms with van der Waals surface area (Å²) < 4.78 is 8.42. The van der Waals surface area contributed by atoms with Gasteiger partial charge in [0.2, 0.25) is 0 Å². The van der Waals surface area contributed by atoms with E-state index in [4.69, 9.17) is 4.74 Å². The van der Waals surface area contributed by atoms with Gasteiger partial charge in [0, 0.05) is 36.0 Å². The first kappa shape index (κ1) is 12.8. The van der Waals surface area contributed by atoms with Gasteiger partial charge >= 0.3 is 6.09 Å². The van der Waals surface area contributed by atoms with Crippen LogP contribution in [0.1, 0.15) is 25.7 Å². The third kappa shape index (κ3) is 4.83. The molecule has 0 bridgehead atoms. The van der Waals surface area contributed by atoms with E-state index in [-0.39, 0.29) is 12.2 Å². The maximum Gasteiger partial charge on any atom is 0.407 e. The van der Waals surface area contributed by atoms with E-state index in [9.17, 15) is 4.79 Å². The Hall–Kier alpha value is -0.300. The normalized spacial score (nSPS) is 28.7. The molecule has 0 fully saturated rings. The van der Waals surface area contributed by atoms with Gasteiger partial charge in [0.05, 0.1) is 0 Å². The lowest BCUT2D eigenvalue weighted by Crippen LogP contribution is -2.27. The van der Waals surface area contributed by atoms with E-state index in [2.05, 4.69) is 37.8 Å². The predicted molar refractivity (Wildman–Crippen MR) is 67.9 cm³/mol. The van der Waals surface area contributed by atoms with E-state index < -0.39 is 0 Å². The SMILES string of the molecule is CNC(=O)OC1/C=C/CC(NI)CCC1. The molecule has 15 heavy (non-hydrogen) atoms. The van der Waals surface area contributed by atoms with Crippen molar-refractivity contribution < 1.29 is 9.53 Å². The average molecular weight is 324 g/mol. The number of ether oxygens (including phenoxy) is 1. The molecule has 2 atom stereocenters. The Bertz CT molecular complexity index is 233. The number of amides is 1. The van der Waals surface area contributed by atoms with Crippen LogP contribution in [0.15, 0.2) is 12.2 Å². The summed E-state index contributed by atoms with van der Waals surface area (Å²) in [5.74, 6) is 0. The van der Waals surface area contributed by atoms with Gasteiger partial charge in [-0.1, -0.05) is 6.08 Å². The van der Waals surface area contributed by atoms with Crippen molar-refractivity contribution in [3.05, 3.63) is 12.2 Å². The minimum atomic E-state index is -0.353. The molecule has 0 aliphatic heterocycles. The van der Waals surface area contributed by atoms with Crippen LogP contribution < -0.4 is 8.85 Å². The fraction of sp³-hybridized carbons (Fsp3) is 0.700. The zero-order valence-electron chi connectivity index (χ0n) is 8.83. The van der Waals surface area contributed by atoms with Gasteiger partial charge in [-0.3, -0.25) is 3.53 Å². The van der Waals surface area contributed by atoms with E-state index in [0.717, 1.165) is 25.7 Å². The minimum absolute atomic E-state index is 0.0693. The lowest BCUT2D eigenvalue weighted by molar-refractivity contribution is 0.115. The molecule has 5 heteroatoms. The van der Waals surface area contributed by atoms with E-state index in [0.29, 0.717) is 6.04 Å². The Morgan fingerprint density at radius 3 is 3.00 bits per heavy atom. The molecule has 1 rings (SSSR count). The van der Waals surface area contributed by atoms with Gasteiger partial charge in [0.1, 0.15) is 6.10 Å². The molecule has 2 unspecified atom stereocenters. The predicted octanol–water partition coefficient (Wildman–Crippen LogP) is 2.15. The third-order valence-electron chi connectivity index (χ3n) is 2.43. The van der Waals surface area contributed by atoms with Crippen molar-refractivity contribution in [1.82, 2.24) is 8.85 Å². The van der Waals surface area contributed by atoms with Gasteiger partial charge < -0.3 is 10.1 Å². The number of carbonyl (C=O) groups excluding carboxylic acids is 1. The summed E-state index contributed by atoms with van der Waals surface area (Å²) >= 11 is 2.19. The van der Waals surface area contributed by atoms with E-state index in [1.54, 1.807) is 7.05 Å². The first-order valence-electron chi connectivity index (χ1n) is 5.17. The molecule has 0 saturated heterocycles. The highest BCUT2D eigenvalue weighted by molar-refractivity contribution is 14.1. The topological polar surface area (TPSA) is 50.4 Å². The Morgan fingerprint density at radius 1 is 1.53 bits per heavy atom. The van der Waals surface area contributed by atoms with Crippen LogP contribution in [-0.4, -0.2) is 25.3 Å². The van der Waals surface area contributed by atoms with Gasteiger partial charge in [-0.2, -0.15) is 0 Å². The summed E-state index contributed by atoms with van der Waals surface area (Å²) in [7, 11) is 1.57. The van der Waals surface area contributed by atoms with Crippen LogP contribution in [0.3, 0.4) is 0 Å². The molecule has 0 aromatic heterocycles. The van der Waals surface area contributed by atoms with Crippen LogP contribution in [0, 0.1) is 0 Å². The van der Waals surface area contributed by atoms with Gasteiger partial charge in [-0.15, -0.1) is 0 Å². The van der Waals surface area contributed by atoms with Crippen molar-refractivity contribution in [3.63, 3.8) is 0 Å². The molecule has 0 spiro atoms. The highest BCUT2D eigenvalue weighted by Gasteiger charge is 2.14. The number of carbonyl (C=O) groups is 1. The lowest BCUT2D eigenvalue weighted by Gasteiger charge is -2.19. The second-order valence-electron chi connectivity index (χ2n) is 3.59. The van der Waals surface area contributed by atoms with Gasteiger partial charge in [-0.05, 0) is 31.8 Å². The van der Waals surface area contributed by atoms with E-state index in [1.165, 1.54) is 0 Å². The van der Waals surface area contributed by atoms with Crippen LogP contribution in [-0.2, 0) is 4.74 Å². The molecule has 1 aliphatic rings. The number of alkyl carbamates (subject to hydrolysis) is 1. The van der Waals surface area contributed by atoms with E-state index >= 15 is 0 Å². The second-order valence-corrected chi connectivity index (χ2v) is 4.22. The monoisotopic (exact) mass is 324 g/mol. The zero-order valence-corrected chi connectivity index (χ0v) is 11.0. The van der Waals surface area contributed by atoms with Crippen LogP contribution >= 0.6 is 22.9 Å². The first-order valence-corrected chi connectivity index (χ1v) is 6.25. The van der Waals surface area contributed by atoms with Crippen molar-refractivity contribution in [2.45, 2.75) is 37.8 Å². The molecular formula is C10H17IN2O2. The second kappa shape index (κ2) is 7.05. The fourth-order valence-electron chi connectivity index (χ4n) is 1.57. The van der Waals surface area contributed by atoms with Crippen molar-refractivity contribution in [3.8, 4) is 0 Å². The molecule has 2 N–H and O–H groups in total. The summed E-state index contributed by atoms with van der Waals surface area (Å²) in [4.78, 5) is 11.0. The molecule has 4 nitrogen and oxygen atoms in total. The zero-order chi connectivity index (χ0) is 11.1. The molecule has 0 heterocycles. The standard InChI is InChI=1S/C10H17IN2O2/c1-12-10(14)15-9-6-2-4-8(13-11)5-3-7-9/h2,6,8-9,13H,3-5,7H2,1H3,(H,12,14)/b6-2+. The Balaban J connectivity index is 2.41. The lowest BCUT2D eigenvalue weighted by atomic mass is 10.0.